The molecule has 0 saturated carbocycles. The van der Waals surface area contributed by atoms with Gasteiger partial charge in [0.25, 0.3) is 0 Å². The van der Waals surface area contributed by atoms with Gasteiger partial charge in [-0.3, -0.25) is 0 Å². The fourth-order valence-electron chi connectivity index (χ4n) is 1.97. The first kappa shape index (κ1) is 12.6. The molecule has 0 atom stereocenters. The first-order valence-electron chi connectivity index (χ1n) is 5.69. The molecule has 2 aromatic heterocycles. The van der Waals surface area contributed by atoms with Crippen LogP contribution in [-0.4, -0.2) is 7.02 Å². The number of pyridine rings is 2. The minimum atomic E-state index is -3.37. The van der Waals surface area contributed by atoms with Crippen molar-refractivity contribution in [2.75, 3.05) is 0 Å². The van der Waals surface area contributed by atoms with Crippen molar-refractivity contribution in [2.45, 2.75) is 13.8 Å². The molecule has 92 valence electrons. The van der Waals surface area contributed by atoms with Gasteiger partial charge in [-0.05, 0) is 0 Å². The Morgan fingerprint density at radius 3 is 1.65 bits per heavy atom. The molecular formula is C12H16Cl2N2Si. The van der Waals surface area contributed by atoms with Crippen molar-refractivity contribution in [2.24, 2.45) is 0 Å². The van der Waals surface area contributed by atoms with Crippen LogP contribution in [0.4, 0.5) is 0 Å². The second kappa shape index (κ2) is 4.76. The van der Waals surface area contributed by atoms with E-state index in [2.05, 4.69) is 0 Å². The molecule has 5 heteroatoms. The Morgan fingerprint density at radius 2 is 1.29 bits per heavy atom. The fraction of sp³-hybridized carbons (Fsp3) is 0.167. The number of aromatic nitrogens is 2. The van der Waals surface area contributed by atoms with E-state index in [4.69, 9.17) is 22.2 Å². The van der Waals surface area contributed by atoms with Crippen molar-refractivity contribution in [3.63, 3.8) is 0 Å². The van der Waals surface area contributed by atoms with Crippen molar-refractivity contribution in [3.8, 4) is 0 Å². The molecule has 0 aliphatic rings. The molecule has 0 fully saturated rings. The quantitative estimate of drug-likeness (QED) is 0.586. The zero-order valence-corrected chi connectivity index (χ0v) is 12.9. The van der Waals surface area contributed by atoms with Crippen LogP contribution in [0.1, 0.15) is 11.1 Å². The molecule has 0 radical (unpaired) electrons. The second-order valence-corrected chi connectivity index (χ2v) is 12.7. The second-order valence-electron chi connectivity index (χ2n) is 4.51. The summed E-state index contributed by atoms with van der Waals surface area (Å²) in [5.41, 5.74) is 2.30. The average molecular weight is 287 g/mol. The Morgan fingerprint density at radius 1 is 0.882 bits per heavy atom. The topological polar surface area (TPSA) is 7.76 Å². The Labute approximate surface area is 112 Å². The monoisotopic (exact) mass is 286 g/mol. The first-order valence-corrected chi connectivity index (χ1v) is 11.2. The number of aryl methyl sites for hydroxylation is 2. The summed E-state index contributed by atoms with van der Waals surface area (Å²) < 4.78 is 3.93. The summed E-state index contributed by atoms with van der Waals surface area (Å²) in [6.45, 7) is 4.06. The van der Waals surface area contributed by atoms with Crippen molar-refractivity contribution in [1.82, 2.24) is 0 Å². The number of hydrogen-bond acceptors (Lipinski definition) is 0. The molecule has 17 heavy (non-hydrogen) atoms. The van der Waals surface area contributed by atoms with Gasteiger partial charge in [0, 0.05) is 0 Å². The van der Waals surface area contributed by atoms with Crippen LogP contribution in [0, 0.1) is 13.8 Å². The Hall–Kier alpha value is -0.903. The van der Waals surface area contributed by atoms with Crippen LogP contribution in [-0.2, 0) is 0 Å². The number of nitrogens with zero attached hydrogens (tertiary/aromatic N) is 2. The summed E-state index contributed by atoms with van der Waals surface area (Å²) in [7, 11) is -3.37. The molecule has 0 bridgehead atoms. The van der Waals surface area contributed by atoms with Gasteiger partial charge in [0.15, 0.2) is 0 Å². The van der Waals surface area contributed by atoms with Crippen LogP contribution in [0.5, 0.6) is 0 Å². The molecule has 0 N–H and O–H groups in total. The molecule has 2 aromatic rings. The summed E-state index contributed by atoms with van der Waals surface area (Å²) >= 11 is 13.2. The first-order chi connectivity index (χ1) is 8.00. The third-order valence-electron chi connectivity index (χ3n) is 2.89. The molecule has 0 aromatic carbocycles. The van der Waals surface area contributed by atoms with Crippen molar-refractivity contribution >= 4 is 29.2 Å². The van der Waals surface area contributed by atoms with Gasteiger partial charge in [0.2, 0.25) is 0 Å². The number of rotatable bonds is 2. The Bertz CT molecular complexity index is 496. The van der Waals surface area contributed by atoms with E-state index < -0.39 is 7.02 Å². The Kier molecular flexibility index (Phi) is 3.52. The van der Waals surface area contributed by atoms with E-state index in [1.165, 1.54) is 0 Å². The van der Waals surface area contributed by atoms with Crippen LogP contribution < -0.4 is 8.47 Å². The van der Waals surface area contributed by atoms with Gasteiger partial charge in [-0.25, -0.2) is 0 Å². The predicted molar refractivity (Wildman–Crippen MR) is 73.8 cm³/mol. The fourth-order valence-corrected chi connectivity index (χ4v) is 5.90. The standard InChI is InChI=1S/C12H16Cl2N2Si/c1-11-5-3-7-15(9-11)17(13,14)16-8-4-6-12(2)10-16/h3-10H,17H2,1-2H3. The van der Waals surface area contributed by atoms with Gasteiger partial charge >= 0.3 is 112 Å². The van der Waals surface area contributed by atoms with Crippen LogP contribution in [0.15, 0.2) is 49.1 Å². The summed E-state index contributed by atoms with van der Waals surface area (Å²) in [5, 5.41) is 0. The van der Waals surface area contributed by atoms with Crippen LogP contribution >= 0.6 is 22.2 Å². The van der Waals surface area contributed by atoms with Crippen LogP contribution in [0.3, 0.4) is 0 Å². The molecule has 2 heterocycles. The summed E-state index contributed by atoms with van der Waals surface area (Å²) in [6.07, 6.45) is 7.87. The van der Waals surface area contributed by atoms with E-state index in [1.807, 2.05) is 71.4 Å². The Balaban J connectivity index is 2.49. The minimum absolute atomic E-state index is 1.15. The molecule has 0 amide bonds. The van der Waals surface area contributed by atoms with Crippen LogP contribution in [0.2, 0.25) is 0 Å². The molecule has 2 rings (SSSR count). The van der Waals surface area contributed by atoms with Gasteiger partial charge in [-0.2, -0.15) is 0 Å². The van der Waals surface area contributed by atoms with Gasteiger partial charge in [-0.15, -0.1) is 0 Å². The zero-order valence-electron chi connectivity index (χ0n) is 9.98. The van der Waals surface area contributed by atoms with Gasteiger partial charge in [0.1, 0.15) is 0 Å². The maximum atomic E-state index is 6.62. The zero-order chi connectivity index (χ0) is 12.5. The van der Waals surface area contributed by atoms with E-state index in [9.17, 15) is 0 Å². The van der Waals surface area contributed by atoms with Crippen LogP contribution in [0.25, 0.3) is 0 Å². The normalized spacial score (nSPS) is 12.5. The number of hydrogen-bond donors (Lipinski definition) is 0. The number of halogens is 2. The van der Waals surface area contributed by atoms with Crippen molar-refractivity contribution in [3.05, 3.63) is 60.2 Å². The SMILES string of the molecule is Cc1ccc[n+]([SiH2-2](Cl)(Cl)[n+]2cccc(C)c2)c1. The van der Waals surface area contributed by atoms with Gasteiger partial charge in [0.05, 0.1) is 0 Å². The molecule has 0 aliphatic heterocycles. The molecular weight excluding hydrogens is 271 g/mol. The summed E-state index contributed by atoms with van der Waals surface area (Å²) in [6, 6.07) is 8.01. The van der Waals surface area contributed by atoms with E-state index >= 15 is 0 Å². The summed E-state index contributed by atoms with van der Waals surface area (Å²) in [5.74, 6) is 0. The van der Waals surface area contributed by atoms with Crippen molar-refractivity contribution < 1.29 is 8.47 Å². The molecule has 0 spiro atoms. The third-order valence-corrected chi connectivity index (χ3v) is 8.75. The van der Waals surface area contributed by atoms with E-state index in [1.54, 1.807) is 0 Å². The maximum absolute atomic E-state index is 6.62. The molecule has 2 nitrogen and oxygen atoms in total. The van der Waals surface area contributed by atoms with Gasteiger partial charge < -0.3 is 0 Å². The van der Waals surface area contributed by atoms with Crippen molar-refractivity contribution in [1.29, 1.82) is 0 Å². The van der Waals surface area contributed by atoms with E-state index in [0.717, 1.165) is 11.1 Å². The summed E-state index contributed by atoms with van der Waals surface area (Å²) in [4.78, 5) is 0. The van der Waals surface area contributed by atoms with Gasteiger partial charge in [-0.1, -0.05) is 0 Å². The van der Waals surface area contributed by atoms with E-state index in [-0.39, 0.29) is 0 Å². The molecule has 0 saturated heterocycles. The predicted octanol–water partition coefficient (Wildman–Crippen LogP) is 1.65. The molecule has 0 aliphatic carbocycles. The average Bonchev–Trinajstić information content (AvgIpc) is 2.29. The molecule has 0 unspecified atom stereocenters. The van der Waals surface area contributed by atoms with E-state index in [0.29, 0.717) is 0 Å². The third kappa shape index (κ3) is 2.68.